The van der Waals surface area contributed by atoms with Gasteiger partial charge < -0.3 is 10.4 Å². The van der Waals surface area contributed by atoms with Crippen LogP contribution < -0.4 is 5.32 Å². The zero-order valence-electron chi connectivity index (χ0n) is 14.2. The Bertz CT molecular complexity index is 679. The Morgan fingerprint density at radius 2 is 1.68 bits per heavy atom. The fourth-order valence-corrected chi connectivity index (χ4v) is 3.73. The normalized spacial score (nSPS) is 21.6. The molecule has 3 rings (SSSR count). The minimum atomic E-state index is -0.653. The number of halogens is 1. The van der Waals surface area contributed by atoms with Gasteiger partial charge in [0.05, 0.1) is 5.92 Å². The lowest BCUT2D eigenvalue weighted by Crippen LogP contribution is -2.38. The maximum atomic E-state index is 11.1. The Hall–Kier alpha value is -1.84. The van der Waals surface area contributed by atoms with Crippen LogP contribution in [-0.2, 0) is 11.2 Å². The molecule has 1 aliphatic rings. The third kappa shape index (κ3) is 5.07. The van der Waals surface area contributed by atoms with Crippen LogP contribution in [0, 0.1) is 5.92 Å². The lowest BCUT2D eigenvalue weighted by atomic mass is 9.85. The van der Waals surface area contributed by atoms with Gasteiger partial charge in [-0.3, -0.25) is 4.79 Å². The van der Waals surface area contributed by atoms with E-state index in [1.54, 1.807) is 0 Å². The molecule has 3 nitrogen and oxygen atoms in total. The van der Waals surface area contributed by atoms with Crippen molar-refractivity contribution in [2.24, 2.45) is 5.92 Å². The van der Waals surface area contributed by atoms with Gasteiger partial charge in [0.15, 0.2) is 0 Å². The standard InChI is InChI=1S/C21H24ClNO2/c22-18-10-6-15(7-11-18)14-20(16-4-2-1-3-5-16)23-19-12-8-17(9-13-19)21(24)25/h1-7,10-11,17,19-20,23H,8-9,12-14H2,(H,24,25). The highest BCUT2D eigenvalue weighted by Crippen LogP contribution is 2.28. The molecule has 0 saturated heterocycles. The SMILES string of the molecule is O=C(O)C1CCC(NC(Cc2ccc(Cl)cc2)c2ccccc2)CC1. The largest absolute Gasteiger partial charge is 0.481 e. The number of aliphatic carboxylic acids is 1. The number of carboxylic acid groups (broad SMARTS) is 1. The number of nitrogens with one attached hydrogen (secondary N) is 1. The molecular weight excluding hydrogens is 334 g/mol. The van der Waals surface area contributed by atoms with Crippen molar-refractivity contribution in [3.63, 3.8) is 0 Å². The number of carboxylic acids is 1. The van der Waals surface area contributed by atoms with Crippen LogP contribution in [0.4, 0.5) is 0 Å². The number of hydrogen-bond donors (Lipinski definition) is 2. The van der Waals surface area contributed by atoms with E-state index in [4.69, 9.17) is 11.6 Å². The van der Waals surface area contributed by atoms with E-state index in [1.807, 2.05) is 18.2 Å². The van der Waals surface area contributed by atoms with Gasteiger partial charge in [-0.15, -0.1) is 0 Å². The van der Waals surface area contributed by atoms with E-state index >= 15 is 0 Å². The number of carbonyl (C=O) groups is 1. The molecule has 0 heterocycles. The first-order valence-electron chi connectivity index (χ1n) is 8.90. The van der Waals surface area contributed by atoms with Gasteiger partial charge in [0.1, 0.15) is 0 Å². The quantitative estimate of drug-likeness (QED) is 0.776. The molecule has 1 unspecified atom stereocenters. The topological polar surface area (TPSA) is 49.3 Å². The summed E-state index contributed by atoms with van der Waals surface area (Å²) < 4.78 is 0. The van der Waals surface area contributed by atoms with Crippen molar-refractivity contribution in [3.05, 3.63) is 70.7 Å². The van der Waals surface area contributed by atoms with Crippen LogP contribution in [0.5, 0.6) is 0 Å². The maximum Gasteiger partial charge on any atom is 0.306 e. The minimum absolute atomic E-state index is 0.176. The summed E-state index contributed by atoms with van der Waals surface area (Å²) in [5, 5.41) is 13.7. The minimum Gasteiger partial charge on any atom is -0.481 e. The number of benzene rings is 2. The Labute approximate surface area is 154 Å². The first kappa shape index (κ1) is 18.0. The molecule has 0 amide bonds. The molecular formula is C21H24ClNO2. The van der Waals surface area contributed by atoms with Gasteiger partial charge in [-0.1, -0.05) is 54.1 Å². The molecule has 0 radical (unpaired) electrons. The summed E-state index contributed by atoms with van der Waals surface area (Å²) in [6, 6.07) is 19.0. The molecule has 1 atom stereocenters. The van der Waals surface area contributed by atoms with Gasteiger partial charge >= 0.3 is 5.97 Å². The van der Waals surface area contributed by atoms with Gasteiger partial charge in [-0.25, -0.2) is 0 Å². The molecule has 25 heavy (non-hydrogen) atoms. The third-order valence-electron chi connectivity index (χ3n) is 5.07. The van der Waals surface area contributed by atoms with Crippen LogP contribution in [0.15, 0.2) is 54.6 Å². The van der Waals surface area contributed by atoms with E-state index in [-0.39, 0.29) is 12.0 Å². The molecule has 0 spiro atoms. The Balaban J connectivity index is 1.69. The molecule has 2 aromatic carbocycles. The second kappa shape index (κ2) is 8.50. The summed E-state index contributed by atoms with van der Waals surface area (Å²) >= 11 is 6.00. The van der Waals surface area contributed by atoms with Gasteiger partial charge in [0.2, 0.25) is 0 Å². The molecule has 1 aliphatic carbocycles. The first-order valence-corrected chi connectivity index (χ1v) is 9.28. The lowest BCUT2D eigenvalue weighted by Gasteiger charge is -2.31. The average molecular weight is 358 g/mol. The molecule has 1 fully saturated rings. The van der Waals surface area contributed by atoms with E-state index in [2.05, 4.69) is 41.7 Å². The summed E-state index contributed by atoms with van der Waals surface area (Å²) in [5.41, 5.74) is 2.50. The Kier molecular flexibility index (Phi) is 6.11. The van der Waals surface area contributed by atoms with Crippen molar-refractivity contribution < 1.29 is 9.90 Å². The predicted molar refractivity (Wildman–Crippen MR) is 101 cm³/mol. The fourth-order valence-electron chi connectivity index (χ4n) is 3.61. The van der Waals surface area contributed by atoms with E-state index in [1.165, 1.54) is 11.1 Å². The van der Waals surface area contributed by atoms with Gasteiger partial charge in [-0.05, 0) is 55.4 Å². The highest BCUT2D eigenvalue weighted by atomic mass is 35.5. The number of rotatable bonds is 6. The summed E-state index contributed by atoms with van der Waals surface area (Å²) in [6.07, 6.45) is 4.24. The predicted octanol–water partition coefficient (Wildman–Crippen LogP) is 4.86. The highest BCUT2D eigenvalue weighted by molar-refractivity contribution is 6.30. The van der Waals surface area contributed by atoms with Crippen LogP contribution in [0.1, 0.15) is 42.9 Å². The summed E-state index contributed by atoms with van der Waals surface area (Å²) in [7, 11) is 0. The van der Waals surface area contributed by atoms with Crippen molar-refractivity contribution in [1.29, 1.82) is 0 Å². The molecule has 0 aliphatic heterocycles. The van der Waals surface area contributed by atoms with Crippen molar-refractivity contribution >= 4 is 17.6 Å². The Morgan fingerprint density at radius 3 is 2.28 bits per heavy atom. The molecule has 0 aromatic heterocycles. The van der Waals surface area contributed by atoms with Crippen LogP contribution >= 0.6 is 11.6 Å². The summed E-state index contributed by atoms with van der Waals surface area (Å²) in [5.74, 6) is -0.830. The monoisotopic (exact) mass is 357 g/mol. The molecule has 1 saturated carbocycles. The zero-order valence-corrected chi connectivity index (χ0v) is 15.0. The zero-order chi connectivity index (χ0) is 17.6. The second-order valence-corrected chi connectivity index (χ2v) is 7.28. The summed E-state index contributed by atoms with van der Waals surface area (Å²) in [4.78, 5) is 11.1. The van der Waals surface area contributed by atoms with Crippen molar-refractivity contribution in [3.8, 4) is 0 Å². The van der Waals surface area contributed by atoms with E-state index in [0.29, 0.717) is 6.04 Å². The second-order valence-electron chi connectivity index (χ2n) is 6.85. The van der Waals surface area contributed by atoms with Gasteiger partial charge in [-0.2, -0.15) is 0 Å². The third-order valence-corrected chi connectivity index (χ3v) is 5.32. The van der Waals surface area contributed by atoms with Crippen LogP contribution in [-0.4, -0.2) is 17.1 Å². The molecule has 4 heteroatoms. The van der Waals surface area contributed by atoms with E-state index < -0.39 is 5.97 Å². The number of hydrogen-bond acceptors (Lipinski definition) is 2. The molecule has 2 N–H and O–H groups in total. The highest BCUT2D eigenvalue weighted by Gasteiger charge is 2.27. The smallest absolute Gasteiger partial charge is 0.306 e. The van der Waals surface area contributed by atoms with Gasteiger partial charge in [0.25, 0.3) is 0 Å². The van der Waals surface area contributed by atoms with Gasteiger partial charge in [0, 0.05) is 17.1 Å². The molecule has 132 valence electrons. The fraction of sp³-hybridized carbons (Fsp3) is 0.381. The van der Waals surface area contributed by atoms with Crippen molar-refractivity contribution in [1.82, 2.24) is 5.32 Å². The van der Waals surface area contributed by atoms with Crippen LogP contribution in [0.2, 0.25) is 5.02 Å². The first-order chi connectivity index (χ1) is 12.1. The van der Waals surface area contributed by atoms with E-state index in [0.717, 1.165) is 37.1 Å². The van der Waals surface area contributed by atoms with Crippen molar-refractivity contribution in [2.45, 2.75) is 44.2 Å². The molecule has 2 aromatic rings. The lowest BCUT2D eigenvalue weighted by molar-refractivity contribution is -0.142. The van der Waals surface area contributed by atoms with E-state index in [9.17, 15) is 9.90 Å². The van der Waals surface area contributed by atoms with Crippen LogP contribution in [0.3, 0.4) is 0 Å². The summed E-state index contributed by atoms with van der Waals surface area (Å²) in [6.45, 7) is 0. The van der Waals surface area contributed by atoms with Crippen LogP contribution in [0.25, 0.3) is 0 Å². The van der Waals surface area contributed by atoms with Crippen molar-refractivity contribution in [2.75, 3.05) is 0 Å². The molecule has 0 bridgehead atoms. The Morgan fingerprint density at radius 1 is 1.04 bits per heavy atom. The maximum absolute atomic E-state index is 11.1. The average Bonchev–Trinajstić information content (AvgIpc) is 2.64.